The number of carbonyl (C=O) groups is 1. The lowest BCUT2D eigenvalue weighted by Gasteiger charge is -2.19. The fraction of sp³-hybridized carbons (Fsp3) is 0.474. The van der Waals surface area contributed by atoms with Gasteiger partial charge in [-0.1, -0.05) is 40.7 Å². The van der Waals surface area contributed by atoms with Crippen molar-refractivity contribution in [2.24, 2.45) is 5.41 Å². The molecule has 0 amide bonds. The SMILES string of the molecule is COc1ccc2c(c1)C(C)(C)C/C2=C(/C#N)C(=O)C(C)(C)C. The summed E-state index contributed by atoms with van der Waals surface area (Å²) in [6.07, 6.45) is 0.695. The van der Waals surface area contributed by atoms with Crippen molar-refractivity contribution < 1.29 is 9.53 Å². The summed E-state index contributed by atoms with van der Waals surface area (Å²) in [6, 6.07) is 8.02. The van der Waals surface area contributed by atoms with E-state index in [0.717, 1.165) is 22.4 Å². The lowest BCUT2D eigenvalue weighted by atomic mass is 9.83. The van der Waals surface area contributed by atoms with Gasteiger partial charge < -0.3 is 4.74 Å². The number of rotatable bonds is 2. The first-order valence-corrected chi connectivity index (χ1v) is 7.49. The van der Waals surface area contributed by atoms with Crippen molar-refractivity contribution in [1.29, 1.82) is 5.26 Å². The van der Waals surface area contributed by atoms with Crippen LogP contribution in [0.5, 0.6) is 5.75 Å². The monoisotopic (exact) mass is 297 g/mol. The maximum Gasteiger partial charge on any atom is 0.178 e. The molecule has 1 aliphatic rings. The van der Waals surface area contributed by atoms with Gasteiger partial charge in [0.15, 0.2) is 5.78 Å². The number of Topliss-reactive ketones (excluding diaryl/α,β-unsaturated/α-hetero) is 1. The van der Waals surface area contributed by atoms with Crippen molar-refractivity contribution in [2.75, 3.05) is 7.11 Å². The van der Waals surface area contributed by atoms with Crippen molar-refractivity contribution in [3.05, 3.63) is 34.9 Å². The largest absolute Gasteiger partial charge is 0.497 e. The summed E-state index contributed by atoms with van der Waals surface area (Å²) in [6.45, 7) is 9.82. The van der Waals surface area contributed by atoms with Crippen LogP contribution in [0, 0.1) is 16.7 Å². The summed E-state index contributed by atoms with van der Waals surface area (Å²) in [7, 11) is 1.64. The summed E-state index contributed by atoms with van der Waals surface area (Å²) < 4.78 is 5.31. The van der Waals surface area contributed by atoms with Crippen LogP contribution in [0.1, 0.15) is 52.2 Å². The van der Waals surface area contributed by atoms with Crippen LogP contribution in [0.4, 0.5) is 0 Å². The standard InChI is InChI=1S/C19H23NO2/c1-18(2,3)17(21)15(11-20)14-10-19(4,5)16-9-12(22-6)7-8-13(14)16/h7-9H,10H2,1-6H3/b15-14+. The lowest BCUT2D eigenvalue weighted by Crippen LogP contribution is -2.22. The molecule has 0 N–H and O–H groups in total. The van der Waals surface area contributed by atoms with Crippen LogP contribution in [0.3, 0.4) is 0 Å². The Morgan fingerprint density at radius 3 is 2.45 bits per heavy atom. The zero-order valence-corrected chi connectivity index (χ0v) is 14.2. The average Bonchev–Trinajstić information content (AvgIpc) is 2.70. The molecule has 0 aromatic heterocycles. The highest BCUT2D eigenvalue weighted by Crippen LogP contribution is 2.48. The Morgan fingerprint density at radius 1 is 1.32 bits per heavy atom. The maximum atomic E-state index is 12.6. The van der Waals surface area contributed by atoms with E-state index in [2.05, 4.69) is 19.9 Å². The molecule has 0 saturated heterocycles. The number of allylic oxidation sites excluding steroid dienone is 2. The van der Waals surface area contributed by atoms with Gasteiger partial charge in [-0.05, 0) is 40.7 Å². The molecule has 0 aliphatic heterocycles. The fourth-order valence-electron chi connectivity index (χ4n) is 2.96. The molecule has 0 radical (unpaired) electrons. The van der Waals surface area contributed by atoms with Crippen molar-refractivity contribution in [3.63, 3.8) is 0 Å². The number of nitriles is 1. The predicted octanol–water partition coefficient (Wildman–Crippen LogP) is 4.27. The molecule has 2 rings (SSSR count). The summed E-state index contributed by atoms with van der Waals surface area (Å²) in [5.74, 6) is 0.707. The third kappa shape index (κ3) is 2.66. The van der Waals surface area contributed by atoms with E-state index in [9.17, 15) is 10.1 Å². The number of fused-ring (bicyclic) bond motifs is 1. The molecule has 3 nitrogen and oxygen atoms in total. The van der Waals surface area contributed by atoms with Crippen LogP contribution in [0.25, 0.3) is 5.57 Å². The van der Waals surface area contributed by atoms with Crippen molar-refractivity contribution >= 4 is 11.4 Å². The van der Waals surface area contributed by atoms with E-state index in [4.69, 9.17) is 4.74 Å². The zero-order valence-electron chi connectivity index (χ0n) is 14.2. The Bertz CT molecular complexity index is 697. The summed E-state index contributed by atoms with van der Waals surface area (Å²) in [4.78, 5) is 12.6. The number of hydrogen-bond donors (Lipinski definition) is 0. The summed E-state index contributed by atoms with van der Waals surface area (Å²) in [5, 5.41) is 9.56. The van der Waals surface area contributed by atoms with E-state index in [1.54, 1.807) is 7.11 Å². The van der Waals surface area contributed by atoms with Gasteiger partial charge in [0.2, 0.25) is 0 Å². The predicted molar refractivity (Wildman–Crippen MR) is 87.6 cm³/mol. The molecule has 1 aromatic rings. The minimum Gasteiger partial charge on any atom is -0.497 e. The molecular formula is C19H23NO2. The second-order valence-electron chi connectivity index (χ2n) is 7.52. The van der Waals surface area contributed by atoms with E-state index in [1.807, 2.05) is 39.0 Å². The quantitative estimate of drug-likeness (QED) is 0.605. The molecule has 0 fully saturated rings. The molecule has 0 saturated carbocycles. The molecule has 0 heterocycles. The Morgan fingerprint density at radius 2 is 1.95 bits per heavy atom. The number of nitrogens with zero attached hydrogens (tertiary/aromatic N) is 1. The number of hydrogen-bond acceptors (Lipinski definition) is 3. The highest BCUT2D eigenvalue weighted by Gasteiger charge is 2.38. The van der Waals surface area contributed by atoms with Crippen molar-refractivity contribution in [1.82, 2.24) is 0 Å². The van der Waals surface area contributed by atoms with Crippen molar-refractivity contribution in [2.45, 2.75) is 46.5 Å². The minimum atomic E-state index is -0.558. The van der Waals surface area contributed by atoms with E-state index in [0.29, 0.717) is 12.0 Å². The highest BCUT2D eigenvalue weighted by atomic mass is 16.5. The van der Waals surface area contributed by atoms with Gasteiger partial charge in [-0.25, -0.2) is 0 Å². The normalized spacial score (nSPS) is 18.4. The molecule has 22 heavy (non-hydrogen) atoms. The number of carbonyl (C=O) groups excluding carboxylic acids is 1. The van der Waals surface area contributed by atoms with Gasteiger partial charge in [0.05, 0.1) is 12.7 Å². The van der Waals surface area contributed by atoms with Crippen LogP contribution in [-0.4, -0.2) is 12.9 Å². The Balaban J connectivity index is 2.68. The van der Waals surface area contributed by atoms with Gasteiger partial charge in [0.1, 0.15) is 11.8 Å². The molecular weight excluding hydrogens is 274 g/mol. The molecule has 1 aliphatic carbocycles. The average molecular weight is 297 g/mol. The summed E-state index contributed by atoms with van der Waals surface area (Å²) in [5.41, 5.74) is 2.63. The smallest absolute Gasteiger partial charge is 0.178 e. The first-order valence-electron chi connectivity index (χ1n) is 7.49. The van der Waals surface area contributed by atoms with Gasteiger partial charge in [0.25, 0.3) is 0 Å². The third-order valence-electron chi connectivity index (χ3n) is 4.22. The second-order valence-corrected chi connectivity index (χ2v) is 7.52. The number of ketones is 1. The third-order valence-corrected chi connectivity index (χ3v) is 4.22. The minimum absolute atomic E-state index is 0.0931. The Hall–Kier alpha value is -2.08. The first-order chi connectivity index (χ1) is 10.1. The van der Waals surface area contributed by atoms with Crippen molar-refractivity contribution in [3.8, 4) is 11.8 Å². The van der Waals surface area contributed by atoms with E-state index in [-0.39, 0.29) is 11.2 Å². The van der Waals surface area contributed by atoms with Crippen LogP contribution in [-0.2, 0) is 10.2 Å². The summed E-state index contributed by atoms with van der Waals surface area (Å²) >= 11 is 0. The molecule has 0 bridgehead atoms. The Kier molecular flexibility index (Phi) is 3.91. The molecule has 116 valence electrons. The van der Waals surface area contributed by atoms with Gasteiger partial charge in [-0.3, -0.25) is 4.79 Å². The number of benzene rings is 1. The van der Waals surface area contributed by atoms with Gasteiger partial charge >= 0.3 is 0 Å². The molecule has 1 aromatic carbocycles. The molecule has 0 unspecified atom stereocenters. The van der Waals surface area contributed by atoms with Crippen LogP contribution < -0.4 is 4.74 Å². The molecule has 0 atom stereocenters. The van der Waals surface area contributed by atoms with Crippen LogP contribution in [0.2, 0.25) is 0 Å². The van der Waals surface area contributed by atoms with Crippen LogP contribution in [0.15, 0.2) is 23.8 Å². The van der Waals surface area contributed by atoms with E-state index < -0.39 is 5.41 Å². The topological polar surface area (TPSA) is 50.1 Å². The molecule has 3 heteroatoms. The van der Waals surface area contributed by atoms with Gasteiger partial charge in [-0.2, -0.15) is 5.26 Å². The number of methoxy groups -OCH3 is 1. The van der Waals surface area contributed by atoms with Crippen LogP contribution >= 0.6 is 0 Å². The van der Waals surface area contributed by atoms with E-state index in [1.165, 1.54) is 0 Å². The maximum absolute atomic E-state index is 12.6. The molecule has 0 spiro atoms. The lowest BCUT2D eigenvalue weighted by molar-refractivity contribution is -0.122. The zero-order chi connectivity index (χ0) is 16.7. The number of ether oxygens (including phenoxy) is 1. The van der Waals surface area contributed by atoms with E-state index >= 15 is 0 Å². The van der Waals surface area contributed by atoms with Gasteiger partial charge in [0, 0.05) is 5.41 Å². The fourth-order valence-corrected chi connectivity index (χ4v) is 2.96. The Labute approximate surface area is 132 Å². The first kappa shape index (κ1) is 16.3. The highest BCUT2D eigenvalue weighted by molar-refractivity contribution is 6.09. The second kappa shape index (κ2) is 5.28. The van der Waals surface area contributed by atoms with Gasteiger partial charge in [-0.15, -0.1) is 0 Å².